The predicted molar refractivity (Wildman–Crippen MR) is 103 cm³/mol. The molecule has 0 saturated heterocycles. The Morgan fingerprint density at radius 2 is 1.89 bits per heavy atom. The van der Waals surface area contributed by atoms with Crippen molar-refractivity contribution in [2.75, 3.05) is 13.7 Å². The van der Waals surface area contributed by atoms with Crippen molar-refractivity contribution in [1.29, 1.82) is 0 Å². The molecule has 0 heterocycles. The van der Waals surface area contributed by atoms with Gasteiger partial charge >= 0.3 is 11.8 Å². The minimum absolute atomic E-state index is 0.301. The third kappa shape index (κ3) is 6.00. The number of amides is 2. The largest absolute Gasteiger partial charge is 0.490 e. The van der Waals surface area contributed by atoms with Crippen molar-refractivity contribution in [2.45, 2.75) is 13.5 Å². The second kappa shape index (κ2) is 10.2. The summed E-state index contributed by atoms with van der Waals surface area (Å²) >= 11 is 6.14. The summed E-state index contributed by atoms with van der Waals surface area (Å²) in [6, 6.07) is 12.6. The molecule has 7 nitrogen and oxygen atoms in total. The van der Waals surface area contributed by atoms with E-state index in [0.717, 1.165) is 5.56 Å². The standard InChI is InChI=1S/C19H20ClN3O4/c1-3-26-17-10-13(11-22-23-19(25)18(24)21-2)8-9-16(17)27-12-14-6-4-5-7-15(14)20/h4-11H,3,12H2,1-2H3,(H,21,24)(H,23,25)/b22-11-. The van der Waals surface area contributed by atoms with Gasteiger partial charge in [-0.05, 0) is 36.8 Å². The SMILES string of the molecule is CCOc1cc(/C=N\NC(=O)C(=O)NC)ccc1OCc1ccccc1Cl. The van der Waals surface area contributed by atoms with E-state index in [2.05, 4.69) is 15.8 Å². The number of benzene rings is 2. The molecule has 0 radical (unpaired) electrons. The number of rotatable bonds is 7. The van der Waals surface area contributed by atoms with Gasteiger partial charge in [-0.1, -0.05) is 29.8 Å². The lowest BCUT2D eigenvalue weighted by atomic mass is 10.2. The number of nitrogens with one attached hydrogen (secondary N) is 2. The van der Waals surface area contributed by atoms with Crippen LogP contribution in [0.2, 0.25) is 5.02 Å². The number of halogens is 1. The van der Waals surface area contributed by atoms with Crippen molar-refractivity contribution < 1.29 is 19.1 Å². The summed E-state index contributed by atoms with van der Waals surface area (Å²) in [6.07, 6.45) is 1.40. The number of nitrogens with zero attached hydrogens (tertiary/aromatic N) is 1. The molecule has 0 unspecified atom stereocenters. The minimum atomic E-state index is -0.849. The van der Waals surface area contributed by atoms with E-state index in [4.69, 9.17) is 21.1 Å². The molecule has 0 aromatic heterocycles. The van der Waals surface area contributed by atoms with Gasteiger partial charge < -0.3 is 14.8 Å². The summed E-state index contributed by atoms with van der Waals surface area (Å²) < 4.78 is 11.4. The Morgan fingerprint density at radius 1 is 1.11 bits per heavy atom. The molecule has 2 aromatic carbocycles. The molecule has 0 saturated carbocycles. The van der Waals surface area contributed by atoms with Gasteiger partial charge in [0, 0.05) is 17.6 Å². The molecule has 0 aliphatic heterocycles. The van der Waals surface area contributed by atoms with E-state index in [-0.39, 0.29) is 0 Å². The number of carbonyl (C=O) groups excluding carboxylic acids is 2. The fourth-order valence-corrected chi connectivity index (χ4v) is 2.28. The highest BCUT2D eigenvalue weighted by Crippen LogP contribution is 2.29. The Bertz CT molecular complexity index is 839. The minimum Gasteiger partial charge on any atom is -0.490 e. The molecule has 0 aliphatic carbocycles. The lowest BCUT2D eigenvalue weighted by Gasteiger charge is -2.13. The van der Waals surface area contributed by atoms with Crippen LogP contribution in [0.1, 0.15) is 18.1 Å². The highest BCUT2D eigenvalue weighted by Gasteiger charge is 2.10. The third-order valence-corrected chi connectivity index (χ3v) is 3.79. The van der Waals surface area contributed by atoms with E-state index in [1.807, 2.05) is 25.1 Å². The van der Waals surface area contributed by atoms with E-state index in [1.54, 1.807) is 24.3 Å². The van der Waals surface area contributed by atoms with Crippen LogP contribution in [0.15, 0.2) is 47.6 Å². The molecule has 0 spiro atoms. The van der Waals surface area contributed by atoms with Crippen LogP contribution < -0.4 is 20.2 Å². The maximum atomic E-state index is 11.3. The van der Waals surface area contributed by atoms with Crippen LogP contribution in [-0.4, -0.2) is 31.7 Å². The summed E-state index contributed by atoms with van der Waals surface area (Å²) in [5, 5.41) is 6.59. The molecule has 0 atom stereocenters. The summed E-state index contributed by atoms with van der Waals surface area (Å²) in [6.45, 7) is 2.62. The van der Waals surface area contributed by atoms with Gasteiger partial charge in [0.1, 0.15) is 6.61 Å². The summed E-state index contributed by atoms with van der Waals surface area (Å²) in [4.78, 5) is 22.5. The highest BCUT2D eigenvalue weighted by atomic mass is 35.5. The molecule has 2 amide bonds. The van der Waals surface area contributed by atoms with Crippen LogP contribution in [0.5, 0.6) is 11.5 Å². The molecule has 2 N–H and O–H groups in total. The summed E-state index contributed by atoms with van der Waals surface area (Å²) in [5.74, 6) is -0.529. The Labute approximate surface area is 162 Å². The molecule has 2 rings (SSSR count). The van der Waals surface area contributed by atoms with Gasteiger partial charge in [0.15, 0.2) is 11.5 Å². The summed E-state index contributed by atoms with van der Waals surface area (Å²) in [7, 11) is 1.36. The molecular weight excluding hydrogens is 370 g/mol. The highest BCUT2D eigenvalue weighted by molar-refractivity contribution is 6.35. The smallest absolute Gasteiger partial charge is 0.329 e. The van der Waals surface area contributed by atoms with Crippen molar-refractivity contribution in [3.8, 4) is 11.5 Å². The number of hydrogen-bond acceptors (Lipinski definition) is 5. The zero-order valence-corrected chi connectivity index (χ0v) is 15.7. The van der Waals surface area contributed by atoms with Gasteiger partial charge in [0.25, 0.3) is 0 Å². The molecule has 0 fully saturated rings. The van der Waals surface area contributed by atoms with Crippen LogP contribution in [0, 0.1) is 0 Å². The zero-order valence-electron chi connectivity index (χ0n) is 15.0. The first-order chi connectivity index (χ1) is 13.0. The van der Waals surface area contributed by atoms with E-state index in [0.29, 0.717) is 35.3 Å². The second-order valence-electron chi connectivity index (χ2n) is 5.30. The fraction of sp³-hybridized carbons (Fsp3) is 0.211. The molecule has 0 bridgehead atoms. The van der Waals surface area contributed by atoms with Crippen LogP contribution in [0.3, 0.4) is 0 Å². The van der Waals surface area contributed by atoms with Crippen LogP contribution >= 0.6 is 11.6 Å². The van der Waals surface area contributed by atoms with Crippen molar-refractivity contribution >= 4 is 29.6 Å². The van der Waals surface area contributed by atoms with Gasteiger partial charge in [0.2, 0.25) is 0 Å². The quantitative estimate of drug-likeness (QED) is 0.432. The first kappa shape index (κ1) is 20.3. The average Bonchev–Trinajstić information content (AvgIpc) is 2.68. The second-order valence-corrected chi connectivity index (χ2v) is 5.70. The van der Waals surface area contributed by atoms with Crippen molar-refractivity contribution in [3.63, 3.8) is 0 Å². The van der Waals surface area contributed by atoms with E-state index >= 15 is 0 Å². The normalized spacial score (nSPS) is 10.5. The van der Waals surface area contributed by atoms with E-state index < -0.39 is 11.8 Å². The number of likely N-dealkylation sites (N-methyl/N-ethyl adjacent to an activating group) is 1. The predicted octanol–water partition coefficient (Wildman–Crippen LogP) is 2.51. The monoisotopic (exact) mass is 389 g/mol. The van der Waals surface area contributed by atoms with Gasteiger partial charge in [-0.15, -0.1) is 0 Å². The van der Waals surface area contributed by atoms with Gasteiger partial charge in [-0.25, -0.2) is 5.43 Å². The molecule has 2 aromatic rings. The number of carbonyl (C=O) groups is 2. The molecule has 142 valence electrons. The fourth-order valence-electron chi connectivity index (χ4n) is 2.09. The van der Waals surface area contributed by atoms with Gasteiger partial charge in [-0.2, -0.15) is 5.10 Å². The maximum absolute atomic E-state index is 11.3. The molecule has 0 aliphatic rings. The van der Waals surface area contributed by atoms with Crippen molar-refractivity contribution in [2.24, 2.45) is 5.10 Å². The van der Waals surface area contributed by atoms with Crippen LogP contribution in [0.4, 0.5) is 0 Å². The van der Waals surface area contributed by atoms with Gasteiger partial charge in [-0.3, -0.25) is 9.59 Å². The first-order valence-corrected chi connectivity index (χ1v) is 8.61. The molecule has 8 heteroatoms. The van der Waals surface area contributed by atoms with E-state index in [9.17, 15) is 9.59 Å². The zero-order chi connectivity index (χ0) is 19.6. The Morgan fingerprint density at radius 3 is 2.59 bits per heavy atom. The third-order valence-electron chi connectivity index (χ3n) is 3.42. The number of ether oxygens (including phenoxy) is 2. The molecule has 27 heavy (non-hydrogen) atoms. The van der Waals surface area contributed by atoms with E-state index in [1.165, 1.54) is 13.3 Å². The van der Waals surface area contributed by atoms with Crippen LogP contribution in [-0.2, 0) is 16.2 Å². The molecular formula is C19H20ClN3O4. The Hall–Kier alpha value is -3.06. The Kier molecular flexibility index (Phi) is 7.63. The lowest BCUT2D eigenvalue weighted by molar-refractivity contribution is -0.138. The maximum Gasteiger partial charge on any atom is 0.329 e. The van der Waals surface area contributed by atoms with Crippen molar-refractivity contribution in [1.82, 2.24) is 10.7 Å². The van der Waals surface area contributed by atoms with Gasteiger partial charge in [0.05, 0.1) is 12.8 Å². The first-order valence-electron chi connectivity index (χ1n) is 8.23. The lowest BCUT2D eigenvalue weighted by Crippen LogP contribution is -2.35. The van der Waals surface area contributed by atoms with Crippen LogP contribution in [0.25, 0.3) is 0 Å². The Balaban J connectivity index is 2.08. The topological polar surface area (TPSA) is 89.0 Å². The summed E-state index contributed by atoms with van der Waals surface area (Å²) in [5.41, 5.74) is 3.66. The van der Waals surface area contributed by atoms with Crippen molar-refractivity contribution in [3.05, 3.63) is 58.6 Å². The average molecular weight is 390 g/mol. The number of hydrazone groups is 1. The number of hydrogen-bond donors (Lipinski definition) is 2.